The van der Waals surface area contributed by atoms with E-state index in [0.717, 1.165) is 6.42 Å². The van der Waals surface area contributed by atoms with Gasteiger partial charge in [0.25, 0.3) is 0 Å². The van der Waals surface area contributed by atoms with Gasteiger partial charge in [-0.05, 0) is 12.5 Å². The molecule has 12 heavy (non-hydrogen) atoms. The summed E-state index contributed by atoms with van der Waals surface area (Å²) >= 11 is 0. The minimum Gasteiger partial charge on any atom is -0.355 e. The predicted molar refractivity (Wildman–Crippen MR) is 43.5 cm³/mol. The molecule has 1 unspecified atom stereocenters. The molecule has 1 aliphatic heterocycles. The molecule has 0 bridgehead atoms. The summed E-state index contributed by atoms with van der Waals surface area (Å²) in [5, 5.41) is 2.66. The van der Waals surface area contributed by atoms with Crippen LogP contribution in [0.2, 0.25) is 0 Å². The van der Waals surface area contributed by atoms with Crippen LogP contribution in [-0.2, 0) is 14.3 Å². The maximum absolute atomic E-state index is 10.7. The third kappa shape index (κ3) is 3.02. The molecule has 0 aromatic rings. The summed E-state index contributed by atoms with van der Waals surface area (Å²) in [5.74, 6) is -0.162. The molecular weight excluding hydrogens is 158 g/mol. The van der Waals surface area contributed by atoms with Gasteiger partial charge < -0.3 is 14.8 Å². The predicted octanol–water partition coefficient (Wildman–Crippen LogP) is 0.0516. The van der Waals surface area contributed by atoms with Crippen molar-refractivity contribution in [2.45, 2.75) is 12.5 Å². The molecule has 1 aliphatic rings. The highest BCUT2D eigenvalue weighted by molar-refractivity contribution is 5.86. The van der Waals surface area contributed by atoms with Gasteiger partial charge in [0.15, 0.2) is 0 Å². The lowest BCUT2D eigenvalue weighted by Crippen LogP contribution is -2.36. The third-order valence-corrected chi connectivity index (χ3v) is 1.66. The molecule has 0 aromatic carbocycles. The van der Waals surface area contributed by atoms with Crippen LogP contribution in [0.4, 0.5) is 0 Å². The van der Waals surface area contributed by atoms with Crippen LogP contribution in [0, 0.1) is 0 Å². The van der Waals surface area contributed by atoms with Gasteiger partial charge in [-0.2, -0.15) is 0 Å². The smallest absolute Gasteiger partial charge is 0.243 e. The Balaban J connectivity index is 2.12. The molecule has 0 saturated carbocycles. The van der Waals surface area contributed by atoms with Crippen LogP contribution >= 0.6 is 0 Å². The van der Waals surface area contributed by atoms with E-state index in [1.165, 1.54) is 6.08 Å². The fourth-order valence-corrected chi connectivity index (χ4v) is 0.949. The first-order chi connectivity index (χ1) is 5.83. The van der Waals surface area contributed by atoms with Crippen LogP contribution in [0.1, 0.15) is 6.42 Å². The van der Waals surface area contributed by atoms with Crippen molar-refractivity contribution in [1.82, 2.24) is 5.32 Å². The fraction of sp³-hybridized carbons (Fsp3) is 0.625. The topological polar surface area (TPSA) is 47.6 Å². The lowest BCUT2D eigenvalue weighted by Gasteiger charge is -2.22. The molecule has 1 N–H and O–H groups in total. The van der Waals surface area contributed by atoms with Gasteiger partial charge in [0.2, 0.25) is 5.91 Å². The van der Waals surface area contributed by atoms with Gasteiger partial charge in [-0.1, -0.05) is 6.58 Å². The molecule has 4 nitrogen and oxygen atoms in total. The average molecular weight is 171 g/mol. The molecule has 0 radical (unpaired) electrons. The van der Waals surface area contributed by atoms with Crippen molar-refractivity contribution in [2.75, 3.05) is 19.9 Å². The van der Waals surface area contributed by atoms with E-state index in [0.29, 0.717) is 19.9 Å². The Morgan fingerprint density at radius 1 is 1.75 bits per heavy atom. The number of ether oxygens (including phenoxy) is 2. The van der Waals surface area contributed by atoms with Crippen molar-refractivity contribution in [3.63, 3.8) is 0 Å². The second kappa shape index (κ2) is 4.90. The molecule has 1 saturated heterocycles. The summed E-state index contributed by atoms with van der Waals surface area (Å²) in [6, 6.07) is 0. The molecule has 4 heteroatoms. The van der Waals surface area contributed by atoms with Gasteiger partial charge in [0.05, 0.1) is 12.7 Å². The molecular formula is C8H13NO3. The van der Waals surface area contributed by atoms with Crippen molar-refractivity contribution in [2.24, 2.45) is 0 Å². The number of rotatable bonds is 3. The van der Waals surface area contributed by atoms with E-state index >= 15 is 0 Å². The average Bonchev–Trinajstić information content (AvgIpc) is 2.16. The Morgan fingerprint density at radius 2 is 2.58 bits per heavy atom. The van der Waals surface area contributed by atoms with E-state index < -0.39 is 0 Å². The Labute approximate surface area is 71.5 Å². The third-order valence-electron chi connectivity index (χ3n) is 1.66. The van der Waals surface area contributed by atoms with Gasteiger partial charge in [0.1, 0.15) is 6.79 Å². The zero-order valence-corrected chi connectivity index (χ0v) is 6.91. The molecule has 1 amide bonds. The van der Waals surface area contributed by atoms with Crippen molar-refractivity contribution in [3.05, 3.63) is 12.7 Å². The summed E-state index contributed by atoms with van der Waals surface area (Å²) in [6.45, 7) is 4.91. The van der Waals surface area contributed by atoms with Crippen molar-refractivity contribution in [1.29, 1.82) is 0 Å². The minimum atomic E-state index is -0.162. The molecule has 1 heterocycles. The summed E-state index contributed by atoms with van der Waals surface area (Å²) < 4.78 is 10.2. The van der Waals surface area contributed by atoms with E-state index in [1.807, 2.05) is 0 Å². The monoisotopic (exact) mass is 171 g/mol. The lowest BCUT2D eigenvalue weighted by atomic mass is 10.2. The van der Waals surface area contributed by atoms with Crippen molar-refractivity contribution in [3.8, 4) is 0 Å². The molecule has 68 valence electrons. The normalized spacial score (nSPS) is 23.2. The van der Waals surface area contributed by atoms with Gasteiger partial charge in [-0.3, -0.25) is 4.79 Å². The molecule has 0 aromatic heterocycles. The summed E-state index contributed by atoms with van der Waals surface area (Å²) in [6.07, 6.45) is 2.17. The highest BCUT2D eigenvalue weighted by Gasteiger charge is 2.13. The minimum absolute atomic E-state index is 0.0858. The largest absolute Gasteiger partial charge is 0.355 e. The van der Waals surface area contributed by atoms with E-state index in [9.17, 15) is 4.79 Å². The molecule has 0 spiro atoms. The fourth-order valence-electron chi connectivity index (χ4n) is 0.949. The SMILES string of the molecule is C=CC(=O)NCC1CCOCO1. The van der Waals surface area contributed by atoms with Crippen molar-refractivity contribution >= 4 is 5.91 Å². The van der Waals surface area contributed by atoms with Crippen LogP contribution in [0.25, 0.3) is 0 Å². The van der Waals surface area contributed by atoms with Gasteiger partial charge in [-0.15, -0.1) is 0 Å². The zero-order chi connectivity index (χ0) is 8.81. The molecule has 1 rings (SSSR count). The van der Waals surface area contributed by atoms with Crippen LogP contribution in [-0.4, -0.2) is 32.0 Å². The Morgan fingerprint density at radius 3 is 3.17 bits per heavy atom. The second-order valence-corrected chi connectivity index (χ2v) is 2.55. The van der Waals surface area contributed by atoms with E-state index in [4.69, 9.17) is 9.47 Å². The zero-order valence-electron chi connectivity index (χ0n) is 6.91. The molecule has 0 aliphatic carbocycles. The van der Waals surface area contributed by atoms with E-state index in [-0.39, 0.29) is 12.0 Å². The number of hydrogen-bond donors (Lipinski definition) is 1. The van der Waals surface area contributed by atoms with Crippen LogP contribution in [0.15, 0.2) is 12.7 Å². The maximum Gasteiger partial charge on any atom is 0.243 e. The molecule has 1 fully saturated rings. The van der Waals surface area contributed by atoms with Gasteiger partial charge in [-0.25, -0.2) is 0 Å². The number of nitrogens with one attached hydrogen (secondary N) is 1. The second-order valence-electron chi connectivity index (χ2n) is 2.55. The first kappa shape index (κ1) is 9.22. The standard InChI is InChI=1S/C8H13NO3/c1-2-8(10)9-5-7-3-4-11-6-12-7/h2,7H,1,3-6H2,(H,9,10). The van der Waals surface area contributed by atoms with Crippen LogP contribution < -0.4 is 5.32 Å². The van der Waals surface area contributed by atoms with Gasteiger partial charge in [0, 0.05) is 6.54 Å². The highest BCUT2D eigenvalue weighted by Crippen LogP contribution is 2.04. The maximum atomic E-state index is 10.7. The Bertz CT molecular complexity index is 164. The summed E-state index contributed by atoms with van der Waals surface area (Å²) in [5.41, 5.74) is 0. The Hall–Kier alpha value is -0.870. The number of carbonyl (C=O) groups excluding carboxylic acids is 1. The number of hydrogen-bond acceptors (Lipinski definition) is 3. The number of amides is 1. The van der Waals surface area contributed by atoms with Crippen LogP contribution in [0.3, 0.4) is 0 Å². The first-order valence-corrected chi connectivity index (χ1v) is 3.92. The first-order valence-electron chi connectivity index (χ1n) is 3.92. The van der Waals surface area contributed by atoms with E-state index in [1.54, 1.807) is 0 Å². The van der Waals surface area contributed by atoms with Gasteiger partial charge >= 0.3 is 0 Å². The van der Waals surface area contributed by atoms with Crippen molar-refractivity contribution < 1.29 is 14.3 Å². The summed E-state index contributed by atoms with van der Waals surface area (Å²) in [4.78, 5) is 10.7. The van der Waals surface area contributed by atoms with Crippen LogP contribution in [0.5, 0.6) is 0 Å². The van der Waals surface area contributed by atoms with E-state index in [2.05, 4.69) is 11.9 Å². The summed E-state index contributed by atoms with van der Waals surface area (Å²) in [7, 11) is 0. The Kier molecular flexibility index (Phi) is 3.76. The number of carbonyl (C=O) groups is 1. The molecule has 1 atom stereocenters. The highest BCUT2D eigenvalue weighted by atomic mass is 16.7. The lowest BCUT2D eigenvalue weighted by molar-refractivity contribution is -0.139. The quantitative estimate of drug-likeness (QED) is 0.610.